The van der Waals surface area contributed by atoms with E-state index >= 15 is 0 Å². The molecule has 1 heterocycles. The maximum atomic E-state index is 12.7. The molecule has 0 bridgehead atoms. The Kier molecular flexibility index (Phi) is 8.88. The quantitative estimate of drug-likeness (QED) is 0.348. The molecule has 2 rings (SSSR count). The van der Waals surface area contributed by atoms with E-state index in [1.165, 1.54) is 0 Å². The van der Waals surface area contributed by atoms with Crippen LogP contribution in [0, 0.1) is 5.92 Å². The van der Waals surface area contributed by atoms with Gasteiger partial charge in [-0.2, -0.15) is 13.2 Å². The van der Waals surface area contributed by atoms with E-state index in [-0.39, 0.29) is 12.6 Å². The number of benzene rings is 1. The molecule has 4 unspecified atom stereocenters. The molecule has 9 heteroatoms. The minimum absolute atomic E-state index is 0.0850. The third-order valence-corrected chi connectivity index (χ3v) is 4.83. The zero-order valence-electron chi connectivity index (χ0n) is 17.1. The van der Waals surface area contributed by atoms with E-state index in [9.17, 15) is 18.3 Å². The molecule has 164 valence electrons. The smallest absolute Gasteiger partial charge is 0.382 e. The SMILES string of the molecule is CCOCCC(C)NC(O)c1ccc(NC2N=CC(C(F)(F)F)CN2)c(CC)c1. The van der Waals surface area contributed by atoms with Crippen LogP contribution in [0.5, 0.6) is 0 Å². The Morgan fingerprint density at radius 2 is 2.10 bits per heavy atom. The van der Waals surface area contributed by atoms with Gasteiger partial charge in [0, 0.05) is 37.7 Å². The van der Waals surface area contributed by atoms with Crippen molar-refractivity contribution in [2.24, 2.45) is 10.9 Å². The first kappa shape index (κ1) is 23.6. The Bertz CT molecular complexity index is 670. The van der Waals surface area contributed by atoms with Gasteiger partial charge in [0.25, 0.3) is 0 Å². The van der Waals surface area contributed by atoms with Gasteiger partial charge >= 0.3 is 6.18 Å². The fourth-order valence-electron chi connectivity index (χ4n) is 3.04. The molecule has 29 heavy (non-hydrogen) atoms. The second-order valence-corrected chi connectivity index (χ2v) is 7.13. The fourth-order valence-corrected chi connectivity index (χ4v) is 3.04. The summed E-state index contributed by atoms with van der Waals surface area (Å²) in [5.74, 6) is -1.57. The second kappa shape index (κ2) is 10.9. The van der Waals surface area contributed by atoms with Crippen LogP contribution >= 0.6 is 0 Å². The van der Waals surface area contributed by atoms with Gasteiger partial charge in [-0.3, -0.25) is 15.6 Å². The van der Waals surface area contributed by atoms with Crippen LogP contribution in [0.2, 0.25) is 0 Å². The van der Waals surface area contributed by atoms with Gasteiger partial charge in [0.1, 0.15) is 12.1 Å². The molecule has 0 aliphatic carbocycles. The first-order valence-electron chi connectivity index (χ1n) is 9.99. The fraction of sp³-hybridized carbons (Fsp3) is 0.650. The van der Waals surface area contributed by atoms with E-state index in [2.05, 4.69) is 20.9 Å². The third-order valence-electron chi connectivity index (χ3n) is 4.83. The normalized spacial score (nSPS) is 21.8. The minimum atomic E-state index is -4.29. The number of anilines is 1. The Hall–Kier alpha value is -1.68. The maximum Gasteiger partial charge on any atom is 0.397 e. The molecule has 1 aliphatic rings. The lowest BCUT2D eigenvalue weighted by Gasteiger charge is -2.27. The Morgan fingerprint density at radius 3 is 2.69 bits per heavy atom. The van der Waals surface area contributed by atoms with Crippen LogP contribution in [-0.4, -0.2) is 49.6 Å². The molecule has 1 aliphatic heterocycles. The average Bonchev–Trinajstić information content (AvgIpc) is 2.68. The van der Waals surface area contributed by atoms with Gasteiger partial charge in [0.2, 0.25) is 0 Å². The monoisotopic (exact) mass is 416 g/mol. The second-order valence-electron chi connectivity index (χ2n) is 7.13. The molecule has 0 saturated heterocycles. The predicted molar refractivity (Wildman–Crippen MR) is 108 cm³/mol. The lowest BCUT2D eigenvalue weighted by atomic mass is 10.0. The molecule has 0 radical (unpaired) electrons. The molecule has 1 aromatic rings. The molecule has 4 N–H and O–H groups in total. The summed E-state index contributed by atoms with van der Waals surface area (Å²) in [4.78, 5) is 3.94. The number of hydrogen-bond acceptors (Lipinski definition) is 6. The highest BCUT2D eigenvalue weighted by Gasteiger charge is 2.40. The number of alkyl halides is 3. The van der Waals surface area contributed by atoms with Crippen molar-refractivity contribution in [1.29, 1.82) is 0 Å². The summed E-state index contributed by atoms with van der Waals surface area (Å²) < 4.78 is 43.5. The van der Waals surface area contributed by atoms with Gasteiger partial charge in [-0.05, 0) is 49.9 Å². The Balaban J connectivity index is 1.98. The van der Waals surface area contributed by atoms with Crippen molar-refractivity contribution >= 4 is 11.9 Å². The van der Waals surface area contributed by atoms with E-state index in [1.807, 2.05) is 32.9 Å². The van der Waals surface area contributed by atoms with Crippen LogP contribution in [0.1, 0.15) is 44.5 Å². The summed E-state index contributed by atoms with van der Waals surface area (Å²) in [5.41, 5.74) is 2.45. The number of aliphatic imine (C=N–C) groups is 1. The Labute approximate surface area is 169 Å². The van der Waals surface area contributed by atoms with Crippen LogP contribution in [-0.2, 0) is 11.2 Å². The first-order chi connectivity index (χ1) is 13.7. The molecule has 0 fully saturated rings. The topological polar surface area (TPSA) is 77.9 Å². The number of nitrogens with one attached hydrogen (secondary N) is 3. The summed E-state index contributed by atoms with van der Waals surface area (Å²) in [6.07, 6.45) is -3.29. The number of aryl methyl sites for hydroxylation is 1. The first-order valence-corrected chi connectivity index (χ1v) is 9.99. The van der Waals surface area contributed by atoms with Crippen molar-refractivity contribution in [3.8, 4) is 0 Å². The number of aliphatic hydroxyl groups is 1. The number of rotatable bonds is 10. The lowest BCUT2D eigenvalue weighted by molar-refractivity contribution is -0.154. The minimum Gasteiger partial charge on any atom is -0.382 e. The predicted octanol–water partition coefficient (Wildman–Crippen LogP) is 3.19. The van der Waals surface area contributed by atoms with Crippen LogP contribution in [0.15, 0.2) is 23.2 Å². The zero-order valence-corrected chi connectivity index (χ0v) is 17.1. The molecule has 0 amide bonds. The molecule has 6 nitrogen and oxygen atoms in total. The number of aliphatic hydroxyl groups excluding tert-OH is 1. The summed E-state index contributed by atoms with van der Waals surface area (Å²) >= 11 is 0. The average molecular weight is 416 g/mol. The molecule has 1 aromatic carbocycles. The van der Waals surface area contributed by atoms with Crippen LogP contribution < -0.4 is 16.0 Å². The summed E-state index contributed by atoms with van der Waals surface area (Å²) in [6, 6.07) is 5.58. The van der Waals surface area contributed by atoms with Crippen LogP contribution in [0.4, 0.5) is 18.9 Å². The molecule has 0 saturated carbocycles. The molecule has 0 spiro atoms. The van der Waals surface area contributed by atoms with Crippen molar-refractivity contribution < 1.29 is 23.0 Å². The summed E-state index contributed by atoms with van der Waals surface area (Å²) in [5, 5.41) is 19.5. The lowest BCUT2D eigenvalue weighted by Crippen LogP contribution is -2.46. The molecule has 4 atom stereocenters. The van der Waals surface area contributed by atoms with E-state index in [1.54, 1.807) is 6.07 Å². The maximum absolute atomic E-state index is 12.7. The number of hydrogen-bond donors (Lipinski definition) is 4. The van der Waals surface area contributed by atoms with Crippen molar-refractivity contribution in [3.05, 3.63) is 29.3 Å². The van der Waals surface area contributed by atoms with E-state index in [0.29, 0.717) is 19.6 Å². The van der Waals surface area contributed by atoms with E-state index in [0.717, 1.165) is 29.4 Å². The third kappa shape index (κ3) is 7.26. The van der Waals surface area contributed by atoms with Gasteiger partial charge in [0.05, 0.1) is 0 Å². The van der Waals surface area contributed by atoms with Crippen molar-refractivity contribution in [3.63, 3.8) is 0 Å². The van der Waals surface area contributed by atoms with Crippen molar-refractivity contribution in [1.82, 2.24) is 10.6 Å². The van der Waals surface area contributed by atoms with Gasteiger partial charge < -0.3 is 15.2 Å². The Morgan fingerprint density at radius 1 is 1.34 bits per heavy atom. The standard InChI is InChI=1S/C20H31F3N4O2/c1-4-14-10-15(18(28)26-13(3)8-9-29-5-2)6-7-17(14)27-19-24-11-16(12-25-19)20(21,22)23/h6-7,10-11,13,16,18-19,25-28H,4-5,8-9,12H2,1-3H3. The van der Waals surface area contributed by atoms with Gasteiger partial charge in [-0.1, -0.05) is 13.0 Å². The van der Waals surface area contributed by atoms with Gasteiger partial charge in [-0.15, -0.1) is 0 Å². The highest BCUT2D eigenvalue weighted by Crippen LogP contribution is 2.27. The van der Waals surface area contributed by atoms with Gasteiger partial charge in [0.15, 0.2) is 6.29 Å². The van der Waals surface area contributed by atoms with Crippen molar-refractivity contribution in [2.75, 3.05) is 25.1 Å². The number of ether oxygens (including phenoxy) is 1. The molecular formula is C20H31F3N4O2. The van der Waals surface area contributed by atoms with E-state index < -0.39 is 24.6 Å². The largest absolute Gasteiger partial charge is 0.397 e. The zero-order chi connectivity index (χ0) is 21.4. The number of nitrogens with zero attached hydrogens (tertiary/aromatic N) is 1. The summed E-state index contributed by atoms with van der Waals surface area (Å²) in [7, 11) is 0. The highest BCUT2D eigenvalue weighted by atomic mass is 19.4. The molecule has 0 aromatic heterocycles. The summed E-state index contributed by atoms with van der Waals surface area (Å²) in [6.45, 7) is 6.99. The number of halogens is 3. The van der Waals surface area contributed by atoms with Crippen LogP contribution in [0.3, 0.4) is 0 Å². The molecular weight excluding hydrogens is 385 g/mol. The van der Waals surface area contributed by atoms with Gasteiger partial charge in [-0.25, -0.2) is 0 Å². The van der Waals surface area contributed by atoms with E-state index in [4.69, 9.17) is 4.74 Å². The highest BCUT2D eigenvalue weighted by molar-refractivity contribution is 5.64. The van der Waals surface area contributed by atoms with Crippen LogP contribution in [0.25, 0.3) is 0 Å². The van der Waals surface area contributed by atoms with Crippen molar-refractivity contribution in [2.45, 2.75) is 58.3 Å².